The summed E-state index contributed by atoms with van der Waals surface area (Å²) in [5.41, 5.74) is 8.76. The number of rotatable bonds is 6. The zero-order valence-corrected chi connectivity index (χ0v) is 14.4. The zero-order chi connectivity index (χ0) is 14.7. The van der Waals surface area contributed by atoms with Gasteiger partial charge in [-0.15, -0.1) is 0 Å². The molecule has 0 aliphatic heterocycles. The first-order chi connectivity index (χ1) is 8.68. The lowest BCUT2D eigenvalue weighted by Gasteiger charge is -2.30. The molecule has 0 atom stereocenters. The quantitative estimate of drug-likeness (QED) is 0.838. The number of nitrogens with one attached hydrogen (secondary N) is 1. The van der Waals surface area contributed by atoms with Crippen LogP contribution < -0.4 is 11.1 Å². The maximum atomic E-state index is 5.77. The highest BCUT2D eigenvalue weighted by Crippen LogP contribution is 2.28. The summed E-state index contributed by atoms with van der Waals surface area (Å²) in [6, 6.07) is 6.50. The van der Waals surface area contributed by atoms with Crippen LogP contribution in [0.25, 0.3) is 0 Å². The summed E-state index contributed by atoms with van der Waals surface area (Å²) in [6.07, 6.45) is 0. The van der Waals surface area contributed by atoms with Crippen LogP contribution in [0.5, 0.6) is 0 Å². The molecule has 0 aliphatic rings. The molecule has 1 rings (SSSR count). The molecule has 0 bridgehead atoms. The first-order valence-electron chi connectivity index (χ1n) is 6.85. The van der Waals surface area contributed by atoms with Crippen molar-refractivity contribution < 1.29 is 0 Å². The minimum Gasteiger partial charge on any atom is -0.330 e. The molecule has 0 aliphatic carbocycles. The van der Waals surface area contributed by atoms with Crippen molar-refractivity contribution in [1.29, 1.82) is 0 Å². The summed E-state index contributed by atoms with van der Waals surface area (Å²) in [5, 5.41) is 3.57. The lowest BCUT2D eigenvalue weighted by molar-refractivity contribution is 0.332. The number of benzene rings is 1. The minimum absolute atomic E-state index is 0.110. The van der Waals surface area contributed by atoms with Crippen LogP contribution in [0.1, 0.15) is 38.8 Å². The minimum atomic E-state index is 0.110. The first-order valence-corrected chi connectivity index (χ1v) is 7.65. The summed E-state index contributed by atoms with van der Waals surface area (Å²) < 4.78 is 1.14. The van der Waals surface area contributed by atoms with Crippen molar-refractivity contribution in [3.63, 3.8) is 0 Å². The number of hydrogen-bond donors (Lipinski definition) is 2. The predicted octanol–water partition coefficient (Wildman–Crippen LogP) is 3.61. The van der Waals surface area contributed by atoms with E-state index in [0.29, 0.717) is 6.54 Å². The Balaban J connectivity index is 2.73. The number of hydrogen-bond acceptors (Lipinski definition) is 2. The Morgan fingerprint density at radius 2 is 1.79 bits per heavy atom. The summed E-state index contributed by atoms with van der Waals surface area (Å²) in [6.45, 7) is 13.7. The van der Waals surface area contributed by atoms with Gasteiger partial charge in [0.2, 0.25) is 0 Å². The second-order valence-electron chi connectivity index (χ2n) is 6.82. The maximum absolute atomic E-state index is 5.77. The summed E-state index contributed by atoms with van der Waals surface area (Å²) in [7, 11) is 0. The molecule has 0 spiro atoms. The molecule has 19 heavy (non-hydrogen) atoms. The van der Waals surface area contributed by atoms with Gasteiger partial charge >= 0.3 is 0 Å². The van der Waals surface area contributed by atoms with E-state index in [2.05, 4.69) is 74.1 Å². The maximum Gasteiger partial charge on any atom is 0.0178 e. The first kappa shape index (κ1) is 16.7. The van der Waals surface area contributed by atoms with Gasteiger partial charge in [0.25, 0.3) is 0 Å². The van der Waals surface area contributed by atoms with E-state index in [1.807, 2.05) is 0 Å². The van der Waals surface area contributed by atoms with Crippen molar-refractivity contribution >= 4 is 15.9 Å². The Morgan fingerprint density at radius 1 is 1.16 bits per heavy atom. The average Bonchev–Trinajstić information content (AvgIpc) is 2.31. The molecule has 0 amide bonds. The molecule has 108 valence electrons. The molecule has 1 aromatic carbocycles. The van der Waals surface area contributed by atoms with Crippen molar-refractivity contribution in [2.45, 2.75) is 40.0 Å². The molecular weight excluding hydrogens is 300 g/mol. The fourth-order valence-electron chi connectivity index (χ4n) is 2.20. The zero-order valence-electron chi connectivity index (χ0n) is 12.8. The molecule has 0 unspecified atom stereocenters. The monoisotopic (exact) mass is 326 g/mol. The van der Waals surface area contributed by atoms with Crippen LogP contribution in [-0.4, -0.2) is 19.6 Å². The number of nitrogens with two attached hydrogens (primary N) is 1. The van der Waals surface area contributed by atoms with Gasteiger partial charge < -0.3 is 11.1 Å². The van der Waals surface area contributed by atoms with Crippen LogP contribution in [0.4, 0.5) is 0 Å². The molecule has 1 aromatic rings. The van der Waals surface area contributed by atoms with Crippen molar-refractivity contribution in [1.82, 2.24) is 5.32 Å². The Kier molecular flexibility index (Phi) is 5.60. The normalized spacial score (nSPS) is 12.8. The summed E-state index contributed by atoms with van der Waals surface area (Å²) in [4.78, 5) is 0. The lowest BCUT2D eigenvalue weighted by Crippen LogP contribution is -2.41. The Morgan fingerprint density at radius 3 is 2.37 bits per heavy atom. The van der Waals surface area contributed by atoms with E-state index >= 15 is 0 Å². The summed E-state index contributed by atoms with van der Waals surface area (Å²) in [5.74, 6) is 0. The average molecular weight is 327 g/mol. The Hall–Kier alpha value is -0.380. The summed E-state index contributed by atoms with van der Waals surface area (Å²) >= 11 is 3.56. The SMILES string of the molecule is Cc1ccc(Br)cc1C(C)(C)CNCC(C)(C)CN. The Bertz CT molecular complexity index is 425. The molecule has 0 radical (unpaired) electrons. The van der Waals surface area contributed by atoms with Gasteiger partial charge in [-0.3, -0.25) is 0 Å². The van der Waals surface area contributed by atoms with E-state index in [-0.39, 0.29) is 10.8 Å². The topological polar surface area (TPSA) is 38.0 Å². The van der Waals surface area contributed by atoms with Gasteiger partial charge in [0, 0.05) is 23.0 Å². The van der Waals surface area contributed by atoms with Crippen molar-refractivity contribution in [3.05, 3.63) is 33.8 Å². The second kappa shape index (κ2) is 6.38. The fraction of sp³-hybridized carbons (Fsp3) is 0.625. The van der Waals surface area contributed by atoms with Crippen LogP contribution in [0, 0.1) is 12.3 Å². The molecule has 3 N–H and O–H groups in total. The molecule has 3 heteroatoms. The van der Waals surface area contributed by atoms with E-state index in [9.17, 15) is 0 Å². The van der Waals surface area contributed by atoms with E-state index in [0.717, 1.165) is 17.6 Å². The van der Waals surface area contributed by atoms with Crippen molar-refractivity contribution in [3.8, 4) is 0 Å². The fourth-order valence-corrected chi connectivity index (χ4v) is 2.57. The van der Waals surface area contributed by atoms with E-state index in [1.54, 1.807) is 0 Å². The molecule has 0 saturated heterocycles. The highest BCUT2D eigenvalue weighted by molar-refractivity contribution is 9.10. The van der Waals surface area contributed by atoms with Crippen LogP contribution in [0.15, 0.2) is 22.7 Å². The van der Waals surface area contributed by atoms with E-state index < -0.39 is 0 Å². The smallest absolute Gasteiger partial charge is 0.0178 e. The lowest BCUT2D eigenvalue weighted by atomic mass is 9.81. The molecule has 0 saturated carbocycles. The molecular formula is C16H27BrN2. The van der Waals surface area contributed by atoms with Gasteiger partial charge in [-0.2, -0.15) is 0 Å². The molecule has 0 heterocycles. The number of aryl methyl sites for hydroxylation is 1. The van der Waals surface area contributed by atoms with Crippen LogP contribution in [-0.2, 0) is 5.41 Å². The van der Waals surface area contributed by atoms with E-state index in [1.165, 1.54) is 11.1 Å². The molecule has 0 aromatic heterocycles. The van der Waals surface area contributed by atoms with Crippen LogP contribution >= 0.6 is 15.9 Å². The van der Waals surface area contributed by atoms with Gasteiger partial charge in [-0.25, -0.2) is 0 Å². The Labute approximate surface area is 126 Å². The molecule has 0 fully saturated rings. The van der Waals surface area contributed by atoms with Gasteiger partial charge in [0.15, 0.2) is 0 Å². The largest absolute Gasteiger partial charge is 0.330 e. The standard InChI is InChI=1S/C16H27BrN2/c1-12-6-7-13(17)8-14(12)16(4,5)11-19-10-15(2,3)9-18/h6-8,19H,9-11,18H2,1-5H3. The van der Waals surface area contributed by atoms with Crippen LogP contribution in [0.2, 0.25) is 0 Å². The highest BCUT2D eigenvalue weighted by Gasteiger charge is 2.24. The van der Waals surface area contributed by atoms with Crippen LogP contribution in [0.3, 0.4) is 0 Å². The highest BCUT2D eigenvalue weighted by atomic mass is 79.9. The van der Waals surface area contributed by atoms with Crippen molar-refractivity contribution in [2.24, 2.45) is 11.1 Å². The van der Waals surface area contributed by atoms with E-state index in [4.69, 9.17) is 5.73 Å². The third kappa shape index (κ3) is 4.90. The van der Waals surface area contributed by atoms with Crippen molar-refractivity contribution in [2.75, 3.05) is 19.6 Å². The third-order valence-electron chi connectivity index (χ3n) is 3.65. The van der Waals surface area contributed by atoms with Gasteiger partial charge in [0.1, 0.15) is 0 Å². The van der Waals surface area contributed by atoms with Gasteiger partial charge in [-0.05, 0) is 42.1 Å². The van der Waals surface area contributed by atoms with Gasteiger partial charge in [-0.1, -0.05) is 49.7 Å². The predicted molar refractivity (Wildman–Crippen MR) is 87.6 cm³/mol. The molecule has 2 nitrogen and oxygen atoms in total. The second-order valence-corrected chi connectivity index (χ2v) is 7.73. The number of halogens is 1. The third-order valence-corrected chi connectivity index (χ3v) is 4.15. The van der Waals surface area contributed by atoms with Gasteiger partial charge in [0.05, 0.1) is 0 Å².